The minimum absolute atomic E-state index is 0.868. The molecule has 0 unspecified atom stereocenters. The first kappa shape index (κ1) is 9.80. The monoisotopic (exact) mass is 225 g/mol. The Kier molecular flexibility index (Phi) is 2.93. The molecule has 74 valence electrons. The van der Waals surface area contributed by atoms with Crippen molar-refractivity contribution in [1.29, 1.82) is 0 Å². The Morgan fingerprint density at radius 3 is 2.93 bits per heavy atom. The van der Waals surface area contributed by atoms with Crippen LogP contribution in [0.2, 0.25) is 0 Å². The number of furan rings is 1. The third-order valence-electron chi connectivity index (χ3n) is 2.12. The average molecular weight is 225 g/mol. The molecule has 0 N–H and O–H groups in total. The van der Waals surface area contributed by atoms with Gasteiger partial charge in [-0.15, -0.1) is 11.3 Å². The van der Waals surface area contributed by atoms with E-state index < -0.39 is 0 Å². The Balaban J connectivity index is 2.02. The van der Waals surface area contributed by atoms with Crippen molar-refractivity contribution in [2.45, 2.75) is 23.9 Å². The van der Waals surface area contributed by atoms with Gasteiger partial charge in [-0.1, -0.05) is 11.8 Å². The van der Waals surface area contributed by atoms with E-state index in [4.69, 9.17) is 4.42 Å². The van der Waals surface area contributed by atoms with Crippen LogP contribution in [0.25, 0.3) is 0 Å². The second-order valence-corrected chi connectivity index (χ2v) is 5.17. The second-order valence-electron chi connectivity index (χ2n) is 3.05. The highest BCUT2D eigenvalue weighted by Gasteiger charge is 2.07. The highest BCUT2D eigenvalue weighted by Crippen LogP contribution is 2.27. The molecule has 0 aliphatic carbocycles. The highest BCUT2D eigenvalue weighted by molar-refractivity contribution is 8.00. The van der Waals surface area contributed by atoms with E-state index in [1.165, 1.54) is 11.1 Å². The maximum atomic E-state index is 5.45. The summed E-state index contributed by atoms with van der Waals surface area (Å²) in [6.45, 7) is 4.16. The van der Waals surface area contributed by atoms with Crippen LogP contribution in [0.3, 0.4) is 0 Å². The fourth-order valence-electron chi connectivity index (χ4n) is 1.11. The lowest BCUT2D eigenvalue weighted by Gasteiger charge is -1.96. The zero-order chi connectivity index (χ0) is 9.97. The molecule has 0 fully saturated rings. The molecule has 2 rings (SSSR count). The van der Waals surface area contributed by atoms with Gasteiger partial charge in [0.2, 0.25) is 0 Å². The number of nitrogens with zero attached hydrogens (tertiary/aromatic N) is 1. The summed E-state index contributed by atoms with van der Waals surface area (Å²) in [4.78, 5) is 4.21. The zero-order valence-electron chi connectivity index (χ0n) is 8.11. The van der Waals surface area contributed by atoms with Gasteiger partial charge in [-0.05, 0) is 25.0 Å². The fourth-order valence-corrected chi connectivity index (χ4v) is 2.76. The molecule has 0 bridgehead atoms. The van der Waals surface area contributed by atoms with E-state index >= 15 is 0 Å². The normalized spacial score (nSPS) is 10.7. The lowest BCUT2D eigenvalue weighted by Crippen LogP contribution is -1.81. The van der Waals surface area contributed by atoms with Crippen molar-refractivity contribution in [3.8, 4) is 0 Å². The molecule has 0 aromatic carbocycles. The Morgan fingerprint density at radius 2 is 2.36 bits per heavy atom. The molecule has 0 saturated heterocycles. The van der Waals surface area contributed by atoms with E-state index in [1.807, 2.05) is 17.8 Å². The Hall–Kier alpha value is -0.740. The number of thioether (sulfide) groups is 1. The summed E-state index contributed by atoms with van der Waals surface area (Å²) in [7, 11) is 0. The minimum atomic E-state index is 0.868. The van der Waals surface area contributed by atoms with E-state index in [2.05, 4.69) is 18.8 Å². The van der Waals surface area contributed by atoms with Crippen molar-refractivity contribution in [1.82, 2.24) is 4.98 Å². The van der Waals surface area contributed by atoms with Crippen molar-refractivity contribution < 1.29 is 4.42 Å². The molecule has 2 nitrogen and oxygen atoms in total. The second kappa shape index (κ2) is 4.19. The zero-order valence-corrected chi connectivity index (χ0v) is 9.74. The number of aryl methyl sites for hydroxylation is 1. The molecule has 0 radical (unpaired) electrons. The molecule has 0 aliphatic rings. The summed E-state index contributed by atoms with van der Waals surface area (Å²) in [5.74, 6) is 1.93. The molecule has 0 spiro atoms. The first-order valence-corrected chi connectivity index (χ1v) is 6.20. The van der Waals surface area contributed by atoms with Gasteiger partial charge in [0.15, 0.2) is 0 Å². The summed E-state index contributed by atoms with van der Waals surface area (Å²) in [6, 6.07) is 0. The lowest BCUT2D eigenvalue weighted by atomic mass is 10.2. The van der Waals surface area contributed by atoms with Crippen molar-refractivity contribution >= 4 is 23.1 Å². The largest absolute Gasteiger partial charge is 0.468 e. The summed E-state index contributed by atoms with van der Waals surface area (Å²) >= 11 is 3.39. The van der Waals surface area contributed by atoms with Gasteiger partial charge in [-0.2, -0.15) is 0 Å². The molecule has 2 aromatic heterocycles. The van der Waals surface area contributed by atoms with Crippen LogP contribution in [-0.2, 0) is 5.75 Å². The SMILES string of the molecule is Cc1coc(CSc2nccs2)c1C. The number of hydrogen-bond acceptors (Lipinski definition) is 4. The average Bonchev–Trinajstić information content (AvgIpc) is 2.77. The molecule has 0 atom stereocenters. The maximum Gasteiger partial charge on any atom is 0.150 e. The van der Waals surface area contributed by atoms with Gasteiger partial charge >= 0.3 is 0 Å². The minimum Gasteiger partial charge on any atom is -0.468 e. The predicted molar refractivity (Wildman–Crippen MR) is 59.9 cm³/mol. The van der Waals surface area contributed by atoms with Crippen molar-refractivity contribution in [3.63, 3.8) is 0 Å². The third-order valence-corrected chi connectivity index (χ3v) is 4.09. The third kappa shape index (κ3) is 2.01. The van der Waals surface area contributed by atoms with E-state index in [9.17, 15) is 0 Å². The van der Waals surface area contributed by atoms with Crippen LogP contribution in [0.4, 0.5) is 0 Å². The van der Waals surface area contributed by atoms with Gasteiger partial charge in [0.1, 0.15) is 10.1 Å². The van der Waals surface area contributed by atoms with E-state index in [1.54, 1.807) is 23.1 Å². The van der Waals surface area contributed by atoms with E-state index in [0.717, 1.165) is 15.9 Å². The molecular weight excluding hydrogens is 214 g/mol. The van der Waals surface area contributed by atoms with Crippen LogP contribution in [0.1, 0.15) is 16.9 Å². The quantitative estimate of drug-likeness (QED) is 0.746. The molecule has 2 aromatic rings. The smallest absolute Gasteiger partial charge is 0.150 e. The van der Waals surface area contributed by atoms with Crippen LogP contribution in [0, 0.1) is 13.8 Å². The highest BCUT2D eigenvalue weighted by atomic mass is 32.2. The number of hydrogen-bond donors (Lipinski definition) is 0. The topological polar surface area (TPSA) is 26.0 Å². The number of thiazole rings is 1. The van der Waals surface area contributed by atoms with Gasteiger partial charge in [-0.25, -0.2) is 4.98 Å². The Labute approximate surface area is 91.4 Å². The van der Waals surface area contributed by atoms with Crippen molar-refractivity contribution in [2.24, 2.45) is 0 Å². The predicted octanol–water partition coefficient (Wildman–Crippen LogP) is 3.65. The van der Waals surface area contributed by atoms with Crippen LogP contribution in [0.5, 0.6) is 0 Å². The van der Waals surface area contributed by atoms with Gasteiger partial charge in [0.05, 0.1) is 12.0 Å². The van der Waals surface area contributed by atoms with Crippen molar-refractivity contribution in [2.75, 3.05) is 0 Å². The maximum absolute atomic E-state index is 5.45. The summed E-state index contributed by atoms with van der Waals surface area (Å²) in [5, 5.41) is 1.99. The number of rotatable bonds is 3. The fraction of sp³-hybridized carbons (Fsp3) is 0.300. The van der Waals surface area contributed by atoms with Crippen molar-refractivity contribution in [3.05, 3.63) is 34.7 Å². The van der Waals surface area contributed by atoms with Crippen LogP contribution in [0.15, 0.2) is 26.6 Å². The van der Waals surface area contributed by atoms with E-state index in [0.29, 0.717) is 0 Å². The van der Waals surface area contributed by atoms with E-state index in [-0.39, 0.29) is 0 Å². The van der Waals surface area contributed by atoms with Crippen LogP contribution >= 0.6 is 23.1 Å². The number of aromatic nitrogens is 1. The van der Waals surface area contributed by atoms with Crippen LogP contribution < -0.4 is 0 Å². The summed E-state index contributed by atoms with van der Waals surface area (Å²) < 4.78 is 6.55. The molecule has 14 heavy (non-hydrogen) atoms. The lowest BCUT2D eigenvalue weighted by molar-refractivity contribution is 0.526. The van der Waals surface area contributed by atoms with Gasteiger partial charge in [0, 0.05) is 11.6 Å². The molecule has 0 saturated carbocycles. The first-order chi connectivity index (χ1) is 6.77. The summed E-state index contributed by atoms with van der Waals surface area (Å²) in [5.41, 5.74) is 2.48. The first-order valence-electron chi connectivity index (χ1n) is 4.33. The molecule has 4 heteroatoms. The molecule has 0 amide bonds. The standard InChI is InChI=1S/C10H11NOS2/c1-7-5-12-9(8(7)2)6-14-10-11-3-4-13-10/h3-5H,6H2,1-2H3. The molecule has 0 aliphatic heterocycles. The molecular formula is C10H11NOS2. The summed E-state index contributed by atoms with van der Waals surface area (Å²) in [6.07, 6.45) is 3.64. The van der Waals surface area contributed by atoms with Gasteiger partial charge in [-0.3, -0.25) is 0 Å². The van der Waals surface area contributed by atoms with Gasteiger partial charge < -0.3 is 4.42 Å². The molecule has 2 heterocycles. The van der Waals surface area contributed by atoms with Crippen LogP contribution in [-0.4, -0.2) is 4.98 Å². The van der Waals surface area contributed by atoms with Gasteiger partial charge in [0.25, 0.3) is 0 Å². The Morgan fingerprint density at radius 1 is 1.50 bits per heavy atom. The Bertz CT molecular complexity index is 406.